The van der Waals surface area contributed by atoms with E-state index in [4.69, 9.17) is 0 Å². The van der Waals surface area contributed by atoms with Crippen molar-refractivity contribution in [2.45, 2.75) is 56.4 Å². The second-order valence-electron chi connectivity index (χ2n) is 5.64. The highest BCUT2D eigenvalue weighted by Crippen LogP contribution is 2.28. The van der Waals surface area contributed by atoms with Gasteiger partial charge in [-0.25, -0.2) is 0 Å². The lowest BCUT2D eigenvalue weighted by Crippen LogP contribution is -2.39. The van der Waals surface area contributed by atoms with Gasteiger partial charge < -0.3 is 10.4 Å². The number of hydrogen-bond donors (Lipinski definition) is 2. The maximum Gasteiger partial charge on any atom is 0.223 e. The fourth-order valence-corrected chi connectivity index (χ4v) is 4.09. The monoisotopic (exact) mass is 307 g/mol. The van der Waals surface area contributed by atoms with Crippen molar-refractivity contribution in [2.75, 3.05) is 5.75 Å². The molecule has 2 rings (SSSR count). The Morgan fingerprint density at radius 3 is 2.86 bits per heavy atom. The highest BCUT2D eigenvalue weighted by molar-refractivity contribution is 7.99. The van der Waals surface area contributed by atoms with Gasteiger partial charge in [-0.05, 0) is 30.6 Å². The van der Waals surface area contributed by atoms with Crippen molar-refractivity contribution in [3.8, 4) is 0 Å². The van der Waals surface area contributed by atoms with E-state index in [1.807, 2.05) is 42.1 Å². The van der Waals surface area contributed by atoms with Crippen LogP contribution in [0.5, 0.6) is 0 Å². The third-order valence-corrected chi connectivity index (χ3v) is 5.19. The van der Waals surface area contributed by atoms with Crippen LogP contribution in [0.2, 0.25) is 0 Å². The van der Waals surface area contributed by atoms with Crippen LogP contribution in [0, 0.1) is 0 Å². The van der Waals surface area contributed by atoms with Gasteiger partial charge >= 0.3 is 0 Å². The van der Waals surface area contributed by atoms with E-state index < -0.39 is 6.10 Å². The minimum absolute atomic E-state index is 0.0431. The lowest BCUT2D eigenvalue weighted by molar-refractivity contribution is -0.124. The van der Waals surface area contributed by atoms with Crippen molar-refractivity contribution in [1.29, 1.82) is 0 Å². The van der Waals surface area contributed by atoms with Crippen molar-refractivity contribution in [3.63, 3.8) is 0 Å². The molecular formula is C17H25NO2S. The van der Waals surface area contributed by atoms with E-state index in [0.29, 0.717) is 5.25 Å². The van der Waals surface area contributed by atoms with E-state index in [9.17, 15) is 9.90 Å². The van der Waals surface area contributed by atoms with Gasteiger partial charge in [0.2, 0.25) is 5.91 Å². The SMILES string of the molecule is CCSC1CCCC(NC(=O)CC(O)c2ccccc2)C1. The summed E-state index contributed by atoms with van der Waals surface area (Å²) in [5, 5.41) is 13.9. The number of aliphatic hydroxyl groups excluding tert-OH is 1. The predicted molar refractivity (Wildman–Crippen MR) is 88.3 cm³/mol. The third-order valence-electron chi connectivity index (χ3n) is 3.96. The van der Waals surface area contributed by atoms with Crippen LogP contribution in [-0.4, -0.2) is 28.1 Å². The van der Waals surface area contributed by atoms with E-state index in [-0.39, 0.29) is 18.4 Å². The molecular weight excluding hydrogens is 282 g/mol. The highest BCUT2D eigenvalue weighted by Gasteiger charge is 2.24. The van der Waals surface area contributed by atoms with E-state index in [0.717, 1.165) is 24.2 Å². The molecule has 4 heteroatoms. The Morgan fingerprint density at radius 1 is 1.38 bits per heavy atom. The van der Waals surface area contributed by atoms with E-state index >= 15 is 0 Å². The standard InChI is InChI=1S/C17H25NO2S/c1-2-21-15-10-6-9-14(11-15)18-17(20)12-16(19)13-7-4-3-5-8-13/h3-5,7-8,14-16,19H,2,6,9-12H2,1H3,(H,18,20). The normalized spacial score (nSPS) is 23.5. The van der Waals surface area contributed by atoms with Crippen LogP contribution < -0.4 is 5.32 Å². The molecule has 1 aliphatic carbocycles. The van der Waals surface area contributed by atoms with Crippen molar-refractivity contribution in [1.82, 2.24) is 5.32 Å². The molecule has 1 fully saturated rings. The third kappa shape index (κ3) is 5.36. The summed E-state index contributed by atoms with van der Waals surface area (Å²) >= 11 is 1.99. The van der Waals surface area contributed by atoms with Gasteiger partial charge in [0.15, 0.2) is 0 Å². The van der Waals surface area contributed by atoms with Gasteiger partial charge in [-0.15, -0.1) is 0 Å². The number of rotatable bonds is 6. The number of carbonyl (C=O) groups excluding carboxylic acids is 1. The number of carbonyl (C=O) groups is 1. The summed E-state index contributed by atoms with van der Waals surface area (Å²) in [6.45, 7) is 2.18. The number of nitrogens with one attached hydrogen (secondary N) is 1. The molecule has 0 radical (unpaired) electrons. The van der Waals surface area contributed by atoms with Crippen molar-refractivity contribution >= 4 is 17.7 Å². The topological polar surface area (TPSA) is 49.3 Å². The minimum Gasteiger partial charge on any atom is -0.388 e. The molecule has 1 aromatic carbocycles. The predicted octanol–water partition coefficient (Wildman–Crippen LogP) is 3.29. The molecule has 1 aliphatic rings. The van der Waals surface area contributed by atoms with Crippen LogP contribution in [0.25, 0.3) is 0 Å². The van der Waals surface area contributed by atoms with Gasteiger partial charge in [-0.3, -0.25) is 4.79 Å². The average Bonchev–Trinajstić information content (AvgIpc) is 2.48. The molecule has 0 saturated heterocycles. The molecule has 1 aromatic rings. The van der Waals surface area contributed by atoms with Crippen LogP contribution in [-0.2, 0) is 4.79 Å². The molecule has 1 amide bonds. The fraction of sp³-hybridized carbons (Fsp3) is 0.588. The smallest absolute Gasteiger partial charge is 0.223 e. The van der Waals surface area contributed by atoms with E-state index in [2.05, 4.69) is 12.2 Å². The second kappa shape index (κ2) is 8.44. The van der Waals surface area contributed by atoms with E-state index in [1.165, 1.54) is 12.8 Å². The average molecular weight is 307 g/mol. The van der Waals surface area contributed by atoms with Crippen molar-refractivity contribution < 1.29 is 9.90 Å². The molecule has 0 aromatic heterocycles. The summed E-state index contributed by atoms with van der Waals surface area (Å²) in [6.07, 6.45) is 4.00. The lowest BCUT2D eigenvalue weighted by Gasteiger charge is -2.29. The Hall–Kier alpha value is -1.00. The second-order valence-corrected chi connectivity index (χ2v) is 7.22. The number of amides is 1. The van der Waals surface area contributed by atoms with Gasteiger partial charge in [-0.2, -0.15) is 11.8 Å². The first-order valence-corrected chi connectivity index (χ1v) is 8.88. The Kier molecular flexibility index (Phi) is 6.58. The Balaban J connectivity index is 1.79. The Bertz CT molecular complexity index is 436. The minimum atomic E-state index is -0.712. The number of benzene rings is 1. The summed E-state index contributed by atoms with van der Waals surface area (Å²) in [4.78, 5) is 12.1. The lowest BCUT2D eigenvalue weighted by atomic mass is 9.94. The molecule has 3 atom stereocenters. The molecule has 0 aliphatic heterocycles. The summed E-state index contributed by atoms with van der Waals surface area (Å²) < 4.78 is 0. The fourth-order valence-electron chi connectivity index (χ4n) is 2.92. The molecule has 0 heterocycles. The number of aliphatic hydroxyl groups is 1. The quantitative estimate of drug-likeness (QED) is 0.848. The Labute approximate surface area is 131 Å². The van der Waals surface area contributed by atoms with Crippen molar-refractivity contribution in [3.05, 3.63) is 35.9 Å². The van der Waals surface area contributed by atoms with Crippen LogP contribution >= 0.6 is 11.8 Å². The molecule has 116 valence electrons. The zero-order chi connectivity index (χ0) is 15.1. The number of hydrogen-bond acceptors (Lipinski definition) is 3. The summed E-state index contributed by atoms with van der Waals surface area (Å²) in [7, 11) is 0. The summed E-state index contributed by atoms with van der Waals surface area (Å²) in [5.41, 5.74) is 0.802. The van der Waals surface area contributed by atoms with Crippen LogP contribution in [0.15, 0.2) is 30.3 Å². The van der Waals surface area contributed by atoms with E-state index in [1.54, 1.807) is 0 Å². The highest BCUT2D eigenvalue weighted by atomic mass is 32.2. The summed E-state index contributed by atoms with van der Waals surface area (Å²) in [6, 6.07) is 9.65. The largest absolute Gasteiger partial charge is 0.388 e. The van der Waals surface area contributed by atoms with Gasteiger partial charge in [0.25, 0.3) is 0 Å². The first-order valence-electron chi connectivity index (χ1n) is 7.83. The van der Waals surface area contributed by atoms with Crippen LogP contribution in [0.3, 0.4) is 0 Å². The maximum absolute atomic E-state index is 12.1. The zero-order valence-corrected chi connectivity index (χ0v) is 13.4. The molecule has 0 spiro atoms. The maximum atomic E-state index is 12.1. The molecule has 21 heavy (non-hydrogen) atoms. The van der Waals surface area contributed by atoms with Gasteiger partial charge in [0.1, 0.15) is 0 Å². The molecule has 0 bridgehead atoms. The molecule has 1 saturated carbocycles. The first-order chi connectivity index (χ1) is 10.2. The number of thioether (sulfide) groups is 1. The van der Waals surface area contributed by atoms with Gasteiger partial charge in [-0.1, -0.05) is 43.7 Å². The zero-order valence-electron chi connectivity index (χ0n) is 12.6. The van der Waals surface area contributed by atoms with Gasteiger partial charge in [0.05, 0.1) is 12.5 Å². The summed E-state index contributed by atoms with van der Waals surface area (Å²) in [5.74, 6) is 1.09. The first kappa shape index (κ1) is 16.4. The molecule has 3 nitrogen and oxygen atoms in total. The molecule has 3 unspecified atom stereocenters. The van der Waals surface area contributed by atoms with Gasteiger partial charge in [0, 0.05) is 11.3 Å². The van der Waals surface area contributed by atoms with Crippen LogP contribution in [0.4, 0.5) is 0 Å². The Morgan fingerprint density at radius 2 is 2.14 bits per heavy atom. The van der Waals surface area contributed by atoms with Crippen LogP contribution in [0.1, 0.15) is 50.7 Å². The van der Waals surface area contributed by atoms with Crippen molar-refractivity contribution in [2.24, 2.45) is 0 Å². The molecule has 2 N–H and O–H groups in total.